The van der Waals surface area contributed by atoms with Crippen LogP contribution in [0.3, 0.4) is 0 Å². The van der Waals surface area contributed by atoms with E-state index in [0.717, 1.165) is 5.56 Å². The lowest BCUT2D eigenvalue weighted by atomic mass is 10.1. The second kappa shape index (κ2) is 16.1. The van der Waals surface area contributed by atoms with Crippen LogP contribution in [0, 0.1) is 0 Å². The first-order valence-electron chi connectivity index (χ1n) is 12.2. The summed E-state index contributed by atoms with van der Waals surface area (Å²) in [6.07, 6.45) is 7.81. The third-order valence-electron chi connectivity index (χ3n) is 5.56. The van der Waals surface area contributed by atoms with Gasteiger partial charge in [0.05, 0.1) is 12.4 Å². The van der Waals surface area contributed by atoms with Gasteiger partial charge in [0, 0.05) is 18.1 Å². The second-order valence-electron chi connectivity index (χ2n) is 8.53. The Kier molecular flexibility index (Phi) is 13.2. The smallest absolute Gasteiger partial charge is 0.245 e. The molecule has 6 N–H and O–H groups in total. The number of allylic oxidation sites excluding steroid dienone is 4. The molecule has 0 bridgehead atoms. The van der Waals surface area contributed by atoms with Gasteiger partial charge in [-0.3, -0.25) is 9.59 Å². The zero-order chi connectivity index (χ0) is 28.0. The molecule has 0 saturated carbocycles. The number of carbonyl (C=O) groups is 2. The normalized spacial score (nSPS) is 13.5. The molecule has 0 spiro atoms. The summed E-state index contributed by atoms with van der Waals surface area (Å²) in [5, 5.41) is 15.4. The molecule has 0 saturated heterocycles. The van der Waals surface area contributed by atoms with Crippen molar-refractivity contribution < 1.29 is 23.1 Å². The maximum atomic E-state index is 13.1. The van der Waals surface area contributed by atoms with Crippen molar-refractivity contribution >= 4 is 33.4 Å². The van der Waals surface area contributed by atoms with Crippen LogP contribution in [0.4, 0.5) is 0 Å². The molecule has 2 amide bonds. The summed E-state index contributed by atoms with van der Waals surface area (Å²) in [6.45, 7) is 1.51. The predicted molar refractivity (Wildman–Crippen MR) is 149 cm³/mol. The highest BCUT2D eigenvalue weighted by Gasteiger charge is 2.28. The van der Waals surface area contributed by atoms with Crippen molar-refractivity contribution in [3.05, 3.63) is 94.5 Å². The van der Waals surface area contributed by atoms with Crippen molar-refractivity contribution in [2.45, 2.75) is 50.7 Å². The summed E-state index contributed by atoms with van der Waals surface area (Å²) in [4.78, 5) is 25.8. The van der Waals surface area contributed by atoms with Gasteiger partial charge in [-0.1, -0.05) is 72.3 Å². The highest BCUT2D eigenvalue weighted by molar-refractivity contribution is 7.88. The van der Waals surface area contributed by atoms with Gasteiger partial charge < -0.3 is 21.5 Å². The van der Waals surface area contributed by atoms with Gasteiger partial charge in [-0.05, 0) is 48.6 Å². The lowest BCUT2D eigenvalue weighted by Gasteiger charge is -2.22. The minimum atomic E-state index is -3.88. The monoisotopic (exact) mass is 562 g/mol. The van der Waals surface area contributed by atoms with E-state index in [1.54, 1.807) is 54.6 Å². The van der Waals surface area contributed by atoms with E-state index in [1.807, 2.05) is 25.2 Å². The first-order chi connectivity index (χ1) is 18.2. The SMILES string of the molecule is C/C=C\C=C\CC[C@@H](NS(=O)(=O)Cc1ccccc1)C(=O)N[C@@H](CO)C(=O)NCc1cc(Cl)ccc1CN. The van der Waals surface area contributed by atoms with E-state index >= 15 is 0 Å². The maximum Gasteiger partial charge on any atom is 0.245 e. The Hall–Kier alpha value is -3.02. The highest BCUT2D eigenvalue weighted by Crippen LogP contribution is 2.16. The number of rotatable bonds is 15. The quantitative estimate of drug-likeness (QED) is 0.210. The molecule has 0 fully saturated rings. The summed E-state index contributed by atoms with van der Waals surface area (Å²) >= 11 is 6.04. The van der Waals surface area contributed by atoms with Gasteiger partial charge in [0.2, 0.25) is 21.8 Å². The Morgan fingerprint density at radius 1 is 1.05 bits per heavy atom. The number of halogens is 1. The zero-order valence-electron chi connectivity index (χ0n) is 21.3. The van der Waals surface area contributed by atoms with Gasteiger partial charge in [0.25, 0.3) is 0 Å². The summed E-state index contributed by atoms with van der Waals surface area (Å²) in [7, 11) is -3.88. The van der Waals surface area contributed by atoms with Gasteiger partial charge in [-0.25, -0.2) is 13.1 Å². The third-order valence-corrected chi connectivity index (χ3v) is 7.15. The molecule has 0 aromatic heterocycles. The average molecular weight is 563 g/mol. The fourth-order valence-electron chi connectivity index (χ4n) is 3.57. The van der Waals surface area contributed by atoms with Crippen LogP contribution >= 0.6 is 11.6 Å². The van der Waals surface area contributed by atoms with Gasteiger partial charge in [0.1, 0.15) is 12.1 Å². The fourth-order valence-corrected chi connectivity index (χ4v) is 5.14. The number of amides is 2. The molecule has 0 aliphatic heterocycles. The predicted octanol–water partition coefficient (Wildman–Crippen LogP) is 2.29. The Morgan fingerprint density at radius 3 is 2.45 bits per heavy atom. The Morgan fingerprint density at radius 2 is 1.79 bits per heavy atom. The summed E-state index contributed by atoms with van der Waals surface area (Å²) in [5.74, 6) is -1.66. The van der Waals surface area contributed by atoms with E-state index in [2.05, 4.69) is 15.4 Å². The first kappa shape index (κ1) is 31.2. The van der Waals surface area contributed by atoms with Gasteiger partial charge in [-0.15, -0.1) is 0 Å². The molecule has 2 aromatic carbocycles. The van der Waals surface area contributed by atoms with Gasteiger partial charge in [-0.2, -0.15) is 0 Å². The molecular weight excluding hydrogens is 528 g/mol. The molecule has 9 nitrogen and oxygen atoms in total. The van der Waals surface area contributed by atoms with Crippen molar-refractivity contribution in [1.29, 1.82) is 0 Å². The maximum absolute atomic E-state index is 13.1. The summed E-state index contributed by atoms with van der Waals surface area (Å²) in [5.41, 5.74) is 7.80. The molecule has 11 heteroatoms. The second-order valence-corrected chi connectivity index (χ2v) is 10.7. The summed E-state index contributed by atoms with van der Waals surface area (Å²) < 4.78 is 28.1. The van der Waals surface area contributed by atoms with E-state index in [-0.39, 0.29) is 25.3 Å². The largest absolute Gasteiger partial charge is 0.394 e. The number of aliphatic hydroxyl groups excluding tert-OH is 1. The third kappa shape index (κ3) is 10.8. The van der Waals surface area contributed by atoms with Crippen molar-refractivity contribution in [3.63, 3.8) is 0 Å². The van der Waals surface area contributed by atoms with Gasteiger partial charge >= 0.3 is 0 Å². The average Bonchev–Trinajstić information content (AvgIpc) is 2.89. The fraction of sp³-hybridized carbons (Fsp3) is 0.333. The van der Waals surface area contributed by atoms with E-state index in [0.29, 0.717) is 22.6 Å². The highest BCUT2D eigenvalue weighted by atomic mass is 35.5. The number of nitrogens with one attached hydrogen (secondary N) is 3. The van der Waals surface area contributed by atoms with Gasteiger partial charge in [0.15, 0.2) is 0 Å². The molecule has 0 radical (unpaired) electrons. The minimum Gasteiger partial charge on any atom is -0.394 e. The minimum absolute atomic E-state index is 0.0845. The van der Waals surface area contributed by atoms with Crippen LogP contribution in [-0.4, -0.2) is 44.0 Å². The molecule has 0 heterocycles. The standard InChI is InChI=1S/C27H35ClN4O5S/c1-2-3-4-5-9-12-24(32-38(36,37)19-20-10-7-6-8-11-20)27(35)31-25(18-33)26(34)30-17-22-15-23(28)14-13-21(22)16-29/h2-8,10-11,13-15,24-25,32-33H,9,12,16-19,29H2,1H3,(H,30,34)(H,31,35)/b3-2-,5-4+/t24-,25+/m1/s1. The number of nitrogens with two attached hydrogens (primary N) is 1. The topological polar surface area (TPSA) is 151 Å². The van der Waals surface area contributed by atoms with Crippen LogP contribution in [0.2, 0.25) is 5.02 Å². The lowest BCUT2D eigenvalue weighted by molar-refractivity contribution is -0.130. The number of hydrogen-bond acceptors (Lipinski definition) is 6. The molecule has 0 aliphatic carbocycles. The van der Waals surface area contributed by atoms with E-state index in [4.69, 9.17) is 17.3 Å². The van der Waals surface area contributed by atoms with Crippen molar-refractivity contribution in [1.82, 2.24) is 15.4 Å². The molecule has 38 heavy (non-hydrogen) atoms. The van der Waals surface area contributed by atoms with Crippen molar-refractivity contribution in [3.8, 4) is 0 Å². The molecule has 2 rings (SSSR count). The first-order valence-corrected chi connectivity index (χ1v) is 14.2. The number of carbonyl (C=O) groups excluding carboxylic acids is 2. The Bertz CT molecular complexity index is 1220. The van der Waals surface area contributed by atoms with Crippen LogP contribution in [-0.2, 0) is 38.5 Å². The van der Waals surface area contributed by atoms with Crippen LogP contribution in [0.1, 0.15) is 36.5 Å². The number of benzene rings is 2. The van der Waals surface area contributed by atoms with Crippen LogP contribution in [0.15, 0.2) is 72.8 Å². The number of aliphatic hydroxyl groups is 1. The molecule has 206 valence electrons. The Labute approximate surface area is 229 Å². The molecule has 0 aliphatic rings. The molecule has 2 aromatic rings. The van der Waals surface area contributed by atoms with Crippen molar-refractivity contribution in [2.24, 2.45) is 5.73 Å². The lowest BCUT2D eigenvalue weighted by Crippen LogP contribution is -2.55. The Balaban J connectivity index is 2.10. The van der Waals surface area contributed by atoms with Crippen LogP contribution in [0.25, 0.3) is 0 Å². The number of sulfonamides is 1. The van der Waals surface area contributed by atoms with E-state index in [9.17, 15) is 23.1 Å². The summed E-state index contributed by atoms with van der Waals surface area (Å²) in [6, 6.07) is 11.3. The molecule has 0 unspecified atom stereocenters. The van der Waals surface area contributed by atoms with Crippen molar-refractivity contribution in [2.75, 3.05) is 6.61 Å². The number of hydrogen-bond donors (Lipinski definition) is 5. The van der Waals surface area contributed by atoms with E-state index in [1.165, 1.54) is 0 Å². The van der Waals surface area contributed by atoms with Crippen LogP contribution in [0.5, 0.6) is 0 Å². The van der Waals surface area contributed by atoms with E-state index < -0.39 is 40.5 Å². The molecular formula is C27H35ClN4O5S. The van der Waals surface area contributed by atoms with Crippen LogP contribution < -0.4 is 21.1 Å². The zero-order valence-corrected chi connectivity index (χ0v) is 22.8. The molecule has 2 atom stereocenters.